The van der Waals surface area contributed by atoms with Crippen LogP contribution in [0.25, 0.3) is 0 Å². The van der Waals surface area contributed by atoms with E-state index < -0.39 is 10.8 Å². The van der Waals surface area contributed by atoms with Crippen LogP contribution in [0.1, 0.15) is 13.3 Å². The van der Waals surface area contributed by atoms with E-state index in [9.17, 15) is 4.21 Å². The molecule has 0 spiro atoms. The molecule has 1 fully saturated rings. The minimum atomic E-state index is -0.713. The van der Waals surface area contributed by atoms with Crippen LogP contribution in [-0.4, -0.2) is 41.5 Å². The highest BCUT2D eigenvalue weighted by atomic mass is 32.2. The highest BCUT2D eigenvalue weighted by Crippen LogP contribution is 2.18. The maximum Gasteiger partial charge on any atom is 0.0691 e. The molecule has 0 bridgehead atoms. The molecule has 1 heterocycles. The molecular weight excluding hydrogens is 174 g/mol. The molecule has 1 rings (SSSR count). The van der Waals surface area contributed by atoms with E-state index in [1.54, 1.807) is 0 Å². The second-order valence-corrected chi connectivity index (χ2v) is 4.87. The summed E-state index contributed by atoms with van der Waals surface area (Å²) in [4.78, 5) is 0. The zero-order valence-corrected chi connectivity index (χ0v) is 8.52. The lowest BCUT2D eigenvalue weighted by molar-refractivity contribution is 0.127. The summed E-state index contributed by atoms with van der Waals surface area (Å²) in [5, 5.41) is 3.27. The van der Waals surface area contributed by atoms with Gasteiger partial charge in [-0.15, -0.1) is 0 Å². The van der Waals surface area contributed by atoms with E-state index in [2.05, 4.69) is 5.32 Å². The fourth-order valence-electron chi connectivity index (χ4n) is 1.41. The molecular formula is C8H17NO2S. The minimum absolute atomic E-state index is 0.183. The van der Waals surface area contributed by atoms with Crippen LogP contribution in [0.4, 0.5) is 0 Å². The smallest absolute Gasteiger partial charge is 0.0691 e. The van der Waals surface area contributed by atoms with E-state index in [0.29, 0.717) is 0 Å². The molecule has 0 aromatic rings. The monoisotopic (exact) mass is 191 g/mol. The van der Waals surface area contributed by atoms with Crippen LogP contribution in [0.2, 0.25) is 0 Å². The molecule has 1 aliphatic rings. The molecule has 1 saturated heterocycles. The summed E-state index contributed by atoms with van der Waals surface area (Å²) < 4.78 is 17.0. The van der Waals surface area contributed by atoms with Crippen molar-refractivity contribution in [2.24, 2.45) is 0 Å². The number of ether oxygens (including phenoxy) is 1. The Morgan fingerprint density at radius 2 is 2.42 bits per heavy atom. The van der Waals surface area contributed by atoms with Crippen LogP contribution in [-0.2, 0) is 15.5 Å². The van der Waals surface area contributed by atoms with Crippen LogP contribution in [0, 0.1) is 0 Å². The summed E-state index contributed by atoms with van der Waals surface area (Å²) in [5.74, 6) is 0.745. The first-order valence-electron chi connectivity index (χ1n) is 4.39. The van der Waals surface area contributed by atoms with Crippen LogP contribution in [0.3, 0.4) is 0 Å². The van der Waals surface area contributed by atoms with Gasteiger partial charge in [0.2, 0.25) is 0 Å². The SMILES string of the molecule is CNCCS(=O)C1CCOC1C. The Hall–Kier alpha value is 0.0700. The number of nitrogens with one attached hydrogen (secondary N) is 1. The van der Waals surface area contributed by atoms with Crippen molar-refractivity contribution in [2.75, 3.05) is 26.0 Å². The van der Waals surface area contributed by atoms with Gasteiger partial charge in [0.1, 0.15) is 0 Å². The second-order valence-electron chi connectivity index (χ2n) is 3.09. The molecule has 3 nitrogen and oxygen atoms in total. The molecule has 0 radical (unpaired) electrons. The van der Waals surface area contributed by atoms with Gasteiger partial charge in [-0.1, -0.05) is 0 Å². The Morgan fingerprint density at radius 3 is 2.92 bits per heavy atom. The van der Waals surface area contributed by atoms with Gasteiger partial charge in [0, 0.05) is 29.7 Å². The molecule has 3 unspecified atom stereocenters. The quantitative estimate of drug-likeness (QED) is 0.686. The van der Waals surface area contributed by atoms with Gasteiger partial charge in [-0.25, -0.2) is 0 Å². The largest absolute Gasteiger partial charge is 0.377 e. The fourth-order valence-corrected chi connectivity index (χ4v) is 2.98. The Morgan fingerprint density at radius 1 is 1.67 bits per heavy atom. The molecule has 72 valence electrons. The third kappa shape index (κ3) is 2.54. The summed E-state index contributed by atoms with van der Waals surface area (Å²) in [7, 11) is 1.17. The topological polar surface area (TPSA) is 38.3 Å². The first-order chi connectivity index (χ1) is 5.75. The van der Waals surface area contributed by atoms with E-state index in [4.69, 9.17) is 4.74 Å². The van der Waals surface area contributed by atoms with E-state index >= 15 is 0 Å². The van der Waals surface area contributed by atoms with Gasteiger partial charge in [-0.2, -0.15) is 0 Å². The number of rotatable bonds is 4. The van der Waals surface area contributed by atoms with Crippen molar-refractivity contribution in [2.45, 2.75) is 24.7 Å². The Kier molecular flexibility index (Phi) is 4.18. The fraction of sp³-hybridized carbons (Fsp3) is 1.00. The lowest BCUT2D eigenvalue weighted by Crippen LogP contribution is -2.28. The molecule has 0 aliphatic carbocycles. The molecule has 0 aromatic carbocycles. The third-order valence-corrected chi connectivity index (χ3v) is 4.10. The van der Waals surface area contributed by atoms with Gasteiger partial charge in [0.05, 0.1) is 11.4 Å². The van der Waals surface area contributed by atoms with Crippen molar-refractivity contribution >= 4 is 10.8 Å². The molecule has 1 N–H and O–H groups in total. The zero-order chi connectivity index (χ0) is 8.97. The first-order valence-corrected chi connectivity index (χ1v) is 5.77. The molecule has 0 saturated carbocycles. The Labute approximate surface area is 76.3 Å². The van der Waals surface area contributed by atoms with Crippen molar-refractivity contribution in [1.29, 1.82) is 0 Å². The average Bonchev–Trinajstić information content (AvgIpc) is 2.47. The standard InChI is InChI=1S/C8H17NO2S/c1-7-8(3-5-11-7)12(10)6-4-9-2/h7-9H,3-6H2,1-2H3. The predicted octanol–water partition coefficient (Wildman–Crippen LogP) is 0.132. The first kappa shape index (κ1) is 10.2. The molecule has 0 aromatic heterocycles. The second kappa shape index (κ2) is 4.94. The van der Waals surface area contributed by atoms with Crippen molar-refractivity contribution in [1.82, 2.24) is 5.32 Å². The number of hydrogen-bond acceptors (Lipinski definition) is 3. The summed E-state index contributed by atoms with van der Waals surface area (Å²) >= 11 is 0. The van der Waals surface area contributed by atoms with Gasteiger partial charge >= 0.3 is 0 Å². The van der Waals surface area contributed by atoms with Crippen molar-refractivity contribution in [3.63, 3.8) is 0 Å². The maximum atomic E-state index is 11.6. The summed E-state index contributed by atoms with van der Waals surface area (Å²) in [6, 6.07) is 0. The number of hydrogen-bond donors (Lipinski definition) is 1. The molecule has 1 aliphatic heterocycles. The maximum absolute atomic E-state index is 11.6. The van der Waals surface area contributed by atoms with E-state index in [1.165, 1.54) is 0 Å². The predicted molar refractivity (Wildman–Crippen MR) is 50.8 cm³/mol. The van der Waals surface area contributed by atoms with Gasteiger partial charge < -0.3 is 10.1 Å². The van der Waals surface area contributed by atoms with Crippen molar-refractivity contribution in [3.05, 3.63) is 0 Å². The van der Waals surface area contributed by atoms with Gasteiger partial charge in [0.25, 0.3) is 0 Å². The van der Waals surface area contributed by atoms with Crippen LogP contribution < -0.4 is 5.32 Å². The third-order valence-electron chi connectivity index (χ3n) is 2.20. The highest BCUT2D eigenvalue weighted by Gasteiger charge is 2.28. The normalized spacial score (nSPS) is 32.2. The summed E-state index contributed by atoms with van der Waals surface area (Å²) in [6.45, 7) is 3.61. The lowest BCUT2D eigenvalue weighted by Gasteiger charge is -2.12. The van der Waals surface area contributed by atoms with E-state index in [-0.39, 0.29) is 11.4 Å². The Balaban J connectivity index is 2.30. The summed E-state index contributed by atoms with van der Waals surface area (Å²) in [5.41, 5.74) is 0. The van der Waals surface area contributed by atoms with Crippen LogP contribution in [0.5, 0.6) is 0 Å². The van der Waals surface area contributed by atoms with Gasteiger partial charge in [-0.05, 0) is 20.4 Å². The van der Waals surface area contributed by atoms with Gasteiger partial charge in [0.15, 0.2) is 0 Å². The highest BCUT2D eigenvalue weighted by molar-refractivity contribution is 7.85. The van der Waals surface area contributed by atoms with E-state index in [1.807, 2.05) is 14.0 Å². The Bertz CT molecular complexity index is 163. The molecule has 0 amide bonds. The zero-order valence-electron chi connectivity index (χ0n) is 7.71. The van der Waals surface area contributed by atoms with E-state index in [0.717, 1.165) is 25.3 Å². The van der Waals surface area contributed by atoms with Gasteiger partial charge in [-0.3, -0.25) is 4.21 Å². The van der Waals surface area contributed by atoms with Crippen molar-refractivity contribution < 1.29 is 8.95 Å². The molecule has 12 heavy (non-hydrogen) atoms. The minimum Gasteiger partial charge on any atom is -0.377 e. The van der Waals surface area contributed by atoms with Crippen molar-refractivity contribution in [3.8, 4) is 0 Å². The molecule has 4 heteroatoms. The van der Waals surface area contributed by atoms with Crippen LogP contribution >= 0.6 is 0 Å². The lowest BCUT2D eigenvalue weighted by atomic mass is 10.3. The molecule has 3 atom stereocenters. The summed E-state index contributed by atoms with van der Waals surface area (Å²) in [6.07, 6.45) is 1.14. The average molecular weight is 191 g/mol. The van der Waals surface area contributed by atoms with Crippen LogP contribution in [0.15, 0.2) is 0 Å².